The Bertz CT molecular complexity index is 398. The van der Waals surface area contributed by atoms with Gasteiger partial charge in [-0.1, -0.05) is 6.07 Å². The number of amidine groups is 1. The zero-order valence-corrected chi connectivity index (χ0v) is 9.77. The highest BCUT2D eigenvalue weighted by Crippen LogP contribution is 2.35. The molecular formula is C12H18N4. The molecule has 0 spiro atoms. The van der Waals surface area contributed by atoms with E-state index in [0.29, 0.717) is 11.7 Å². The highest BCUT2D eigenvalue weighted by atomic mass is 15.2. The first-order valence-electron chi connectivity index (χ1n) is 5.64. The van der Waals surface area contributed by atoms with E-state index >= 15 is 0 Å². The summed E-state index contributed by atoms with van der Waals surface area (Å²) in [5.74, 6) is 1.72. The van der Waals surface area contributed by atoms with Crippen LogP contribution in [-0.4, -0.2) is 23.9 Å². The highest BCUT2D eigenvalue weighted by Gasteiger charge is 2.31. The van der Waals surface area contributed by atoms with E-state index in [1.165, 1.54) is 12.8 Å². The van der Waals surface area contributed by atoms with Crippen molar-refractivity contribution in [1.29, 1.82) is 5.41 Å². The molecule has 1 atom stereocenters. The lowest BCUT2D eigenvalue weighted by atomic mass is 10.2. The van der Waals surface area contributed by atoms with Gasteiger partial charge in [0.05, 0.1) is 0 Å². The number of nitrogens with zero attached hydrogens (tertiary/aromatic N) is 2. The molecule has 0 saturated heterocycles. The second-order valence-corrected chi connectivity index (χ2v) is 4.48. The minimum atomic E-state index is 0.0225. The summed E-state index contributed by atoms with van der Waals surface area (Å²) in [4.78, 5) is 6.55. The first kappa shape index (κ1) is 10.9. The summed E-state index contributed by atoms with van der Waals surface area (Å²) in [5, 5.41) is 7.37. The van der Waals surface area contributed by atoms with Crippen LogP contribution in [0, 0.1) is 11.3 Å². The molecule has 1 unspecified atom stereocenters. The van der Waals surface area contributed by atoms with Crippen molar-refractivity contribution >= 4 is 11.7 Å². The largest absolute Gasteiger partial charge is 0.382 e. The fourth-order valence-corrected chi connectivity index (χ4v) is 1.87. The molecule has 0 amide bonds. The van der Waals surface area contributed by atoms with Crippen LogP contribution in [0.5, 0.6) is 0 Å². The average molecular weight is 218 g/mol. The zero-order valence-electron chi connectivity index (χ0n) is 9.77. The van der Waals surface area contributed by atoms with Gasteiger partial charge in [-0.2, -0.15) is 0 Å². The van der Waals surface area contributed by atoms with Gasteiger partial charge in [-0.05, 0) is 37.8 Å². The van der Waals surface area contributed by atoms with E-state index in [1.807, 2.05) is 12.1 Å². The quantitative estimate of drug-likeness (QED) is 0.596. The third-order valence-corrected chi connectivity index (χ3v) is 3.29. The van der Waals surface area contributed by atoms with Gasteiger partial charge in [0.1, 0.15) is 17.3 Å². The Morgan fingerprint density at radius 3 is 2.81 bits per heavy atom. The minimum Gasteiger partial charge on any atom is -0.382 e. The molecule has 86 valence electrons. The summed E-state index contributed by atoms with van der Waals surface area (Å²) in [7, 11) is 2.05. The van der Waals surface area contributed by atoms with Crippen LogP contribution in [0.3, 0.4) is 0 Å². The fraction of sp³-hybridized carbons (Fsp3) is 0.500. The Morgan fingerprint density at radius 1 is 1.56 bits per heavy atom. The third-order valence-electron chi connectivity index (χ3n) is 3.29. The van der Waals surface area contributed by atoms with E-state index in [1.54, 1.807) is 6.07 Å². The molecule has 1 fully saturated rings. The number of hydrogen-bond acceptors (Lipinski definition) is 3. The van der Waals surface area contributed by atoms with Crippen LogP contribution in [0.4, 0.5) is 5.82 Å². The van der Waals surface area contributed by atoms with Gasteiger partial charge in [0.2, 0.25) is 0 Å². The topological polar surface area (TPSA) is 66.0 Å². The van der Waals surface area contributed by atoms with Crippen LogP contribution in [-0.2, 0) is 0 Å². The van der Waals surface area contributed by atoms with Crippen molar-refractivity contribution in [2.75, 3.05) is 11.9 Å². The van der Waals surface area contributed by atoms with Crippen molar-refractivity contribution in [2.24, 2.45) is 11.7 Å². The Hall–Kier alpha value is -1.58. The molecule has 1 aliphatic rings. The SMILES string of the molecule is CC(C1CC1)N(C)c1cccc(C(=N)N)n1. The molecule has 4 nitrogen and oxygen atoms in total. The number of nitrogen functional groups attached to an aromatic ring is 1. The van der Waals surface area contributed by atoms with Gasteiger partial charge in [-0.3, -0.25) is 5.41 Å². The van der Waals surface area contributed by atoms with Crippen molar-refractivity contribution in [1.82, 2.24) is 4.98 Å². The van der Waals surface area contributed by atoms with Crippen LogP contribution in [0.25, 0.3) is 0 Å². The molecule has 1 aromatic rings. The fourth-order valence-electron chi connectivity index (χ4n) is 1.87. The van der Waals surface area contributed by atoms with Crippen LogP contribution < -0.4 is 10.6 Å². The van der Waals surface area contributed by atoms with Crippen LogP contribution >= 0.6 is 0 Å². The lowest BCUT2D eigenvalue weighted by Gasteiger charge is -2.26. The third kappa shape index (κ3) is 2.15. The Balaban J connectivity index is 2.18. The maximum Gasteiger partial charge on any atom is 0.141 e. The van der Waals surface area contributed by atoms with Crippen molar-refractivity contribution < 1.29 is 0 Å². The van der Waals surface area contributed by atoms with Crippen LogP contribution in [0.2, 0.25) is 0 Å². The van der Waals surface area contributed by atoms with Gasteiger partial charge in [0.15, 0.2) is 0 Å². The second-order valence-electron chi connectivity index (χ2n) is 4.48. The van der Waals surface area contributed by atoms with Crippen molar-refractivity contribution in [2.45, 2.75) is 25.8 Å². The average Bonchev–Trinajstić information content (AvgIpc) is 3.11. The molecule has 1 aromatic heterocycles. The monoisotopic (exact) mass is 218 g/mol. The Labute approximate surface area is 96.0 Å². The van der Waals surface area contributed by atoms with Gasteiger partial charge in [-0.15, -0.1) is 0 Å². The number of pyridine rings is 1. The molecule has 2 rings (SSSR count). The molecule has 4 heteroatoms. The number of nitrogens with two attached hydrogens (primary N) is 1. The molecule has 0 bridgehead atoms. The number of aromatic nitrogens is 1. The van der Waals surface area contributed by atoms with E-state index < -0.39 is 0 Å². The summed E-state index contributed by atoms with van der Waals surface area (Å²) >= 11 is 0. The van der Waals surface area contributed by atoms with E-state index in [0.717, 1.165) is 11.7 Å². The van der Waals surface area contributed by atoms with Gasteiger partial charge in [-0.25, -0.2) is 4.98 Å². The molecule has 1 heterocycles. The molecule has 3 N–H and O–H groups in total. The summed E-state index contributed by atoms with van der Waals surface area (Å²) < 4.78 is 0. The van der Waals surface area contributed by atoms with E-state index in [9.17, 15) is 0 Å². The minimum absolute atomic E-state index is 0.0225. The summed E-state index contributed by atoms with van der Waals surface area (Å²) in [6.07, 6.45) is 2.63. The lowest BCUT2D eigenvalue weighted by molar-refractivity contribution is 0.604. The van der Waals surface area contributed by atoms with Crippen molar-refractivity contribution in [3.8, 4) is 0 Å². The van der Waals surface area contributed by atoms with E-state index in [-0.39, 0.29) is 5.84 Å². The number of nitrogens with one attached hydrogen (secondary N) is 1. The predicted octanol–water partition coefficient (Wildman–Crippen LogP) is 1.60. The molecular weight excluding hydrogens is 200 g/mol. The normalized spacial score (nSPS) is 16.9. The summed E-state index contributed by atoms with van der Waals surface area (Å²) in [6, 6.07) is 6.14. The standard InChI is InChI=1S/C12H18N4/c1-8(9-6-7-9)16(2)11-5-3-4-10(15-11)12(13)14/h3-5,8-9H,6-7H2,1-2H3,(H3,13,14). The van der Waals surface area contributed by atoms with Gasteiger partial charge in [0.25, 0.3) is 0 Å². The van der Waals surface area contributed by atoms with Gasteiger partial charge in [0, 0.05) is 13.1 Å². The van der Waals surface area contributed by atoms with Gasteiger partial charge < -0.3 is 10.6 Å². The molecule has 0 aromatic carbocycles. The second kappa shape index (κ2) is 4.12. The maximum absolute atomic E-state index is 7.37. The van der Waals surface area contributed by atoms with Crippen LogP contribution in [0.15, 0.2) is 18.2 Å². The highest BCUT2D eigenvalue weighted by molar-refractivity contribution is 5.93. The summed E-state index contributed by atoms with van der Waals surface area (Å²) in [5.41, 5.74) is 5.98. The molecule has 16 heavy (non-hydrogen) atoms. The molecule has 1 aliphatic carbocycles. The first-order valence-corrected chi connectivity index (χ1v) is 5.64. The first-order chi connectivity index (χ1) is 7.59. The lowest BCUT2D eigenvalue weighted by Crippen LogP contribution is -2.31. The zero-order chi connectivity index (χ0) is 11.7. The van der Waals surface area contributed by atoms with E-state index in [4.69, 9.17) is 11.1 Å². The molecule has 0 aliphatic heterocycles. The number of anilines is 1. The Morgan fingerprint density at radius 2 is 2.25 bits per heavy atom. The smallest absolute Gasteiger partial charge is 0.141 e. The van der Waals surface area contributed by atoms with Gasteiger partial charge >= 0.3 is 0 Å². The predicted molar refractivity (Wildman–Crippen MR) is 65.8 cm³/mol. The maximum atomic E-state index is 7.37. The molecule has 0 radical (unpaired) electrons. The number of rotatable bonds is 4. The van der Waals surface area contributed by atoms with E-state index in [2.05, 4.69) is 23.9 Å². The Kier molecular flexibility index (Phi) is 2.81. The van der Waals surface area contributed by atoms with Crippen LogP contribution in [0.1, 0.15) is 25.5 Å². The number of hydrogen-bond donors (Lipinski definition) is 2. The molecule has 1 saturated carbocycles. The summed E-state index contributed by atoms with van der Waals surface area (Å²) in [6.45, 7) is 2.22. The van der Waals surface area contributed by atoms with Crippen molar-refractivity contribution in [3.05, 3.63) is 23.9 Å². The van der Waals surface area contributed by atoms with Crippen molar-refractivity contribution in [3.63, 3.8) is 0 Å².